The van der Waals surface area contributed by atoms with Gasteiger partial charge in [-0.1, -0.05) is 18.2 Å². The second-order valence-corrected chi connectivity index (χ2v) is 4.33. The molecule has 0 aromatic heterocycles. The molecule has 1 amide bonds. The van der Waals surface area contributed by atoms with Crippen molar-refractivity contribution < 1.29 is 19.4 Å². The number of carboxylic acid groups (broad SMARTS) is 1. The molecule has 21 heavy (non-hydrogen) atoms. The average molecular weight is 289 g/mol. The molecule has 5 nitrogen and oxygen atoms in total. The lowest BCUT2D eigenvalue weighted by Crippen LogP contribution is -2.31. The molecule has 1 aromatic carbocycles. The van der Waals surface area contributed by atoms with Gasteiger partial charge in [0.15, 0.2) is 0 Å². The Labute approximate surface area is 124 Å². The number of methoxy groups -OCH3 is 1. The summed E-state index contributed by atoms with van der Waals surface area (Å²) in [6.07, 6.45) is 4.56. The topological polar surface area (TPSA) is 66.8 Å². The lowest BCUT2D eigenvalue weighted by Gasteiger charge is -2.18. The van der Waals surface area contributed by atoms with Crippen LogP contribution in [-0.2, 0) is 9.59 Å². The Morgan fingerprint density at radius 2 is 2.19 bits per heavy atom. The van der Waals surface area contributed by atoms with E-state index in [-0.39, 0.29) is 18.9 Å². The van der Waals surface area contributed by atoms with Gasteiger partial charge in [0.05, 0.1) is 13.5 Å². The Balaban J connectivity index is 2.72. The molecule has 1 rings (SSSR count). The Kier molecular flexibility index (Phi) is 6.74. The van der Waals surface area contributed by atoms with Crippen LogP contribution in [-0.4, -0.2) is 42.1 Å². The van der Waals surface area contributed by atoms with Crippen LogP contribution < -0.4 is 4.74 Å². The maximum absolute atomic E-state index is 12.0. The van der Waals surface area contributed by atoms with Gasteiger partial charge in [0, 0.05) is 19.2 Å². The molecule has 0 saturated heterocycles. The average Bonchev–Trinajstić information content (AvgIpc) is 2.49. The van der Waals surface area contributed by atoms with Crippen molar-refractivity contribution in [2.75, 3.05) is 20.2 Å². The molecular weight excluding hydrogens is 270 g/mol. The maximum atomic E-state index is 12.0. The molecule has 0 heterocycles. The van der Waals surface area contributed by atoms with E-state index in [1.54, 1.807) is 25.3 Å². The fourth-order valence-corrected chi connectivity index (χ4v) is 1.70. The van der Waals surface area contributed by atoms with Crippen molar-refractivity contribution in [3.05, 3.63) is 48.6 Å². The summed E-state index contributed by atoms with van der Waals surface area (Å²) in [6.45, 7) is 4.04. The first-order valence-electron chi connectivity index (χ1n) is 6.50. The molecule has 0 radical (unpaired) electrons. The number of hydrogen-bond donors (Lipinski definition) is 1. The quantitative estimate of drug-likeness (QED) is 0.588. The van der Waals surface area contributed by atoms with Gasteiger partial charge in [-0.2, -0.15) is 0 Å². The summed E-state index contributed by atoms with van der Waals surface area (Å²) in [4.78, 5) is 24.1. The highest BCUT2D eigenvalue weighted by Crippen LogP contribution is 2.13. The number of nitrogens with zero attached hydrogens (tertiary/aromatic N) is 1. The standard InChI is InChI=1S/C16H19NO4/c1-3-10-17(11-9-16(19)20)15(18)8-7-13-5-4-6-14(12-13)21-2/h3-8,12H,1,9-11H2,2H3,(H,19,20)/b8-7+. The number of amides is 1. The molecule has 1 N–H and O–H groups in total. The van der Waals surface area contributed by atoms with Crippen LogP contribution in [0.25, 0.3) is 6.08 Å². The first-order valence-corrected chi connectivity index (χ1v) is 6.50. The summed E-state index contributed by atoms with van der Waals surface area (Å²) in [5, 5.41) is 8.68. The Morgan fingerprint density at radius 3 is 2.81 bits per heavy atom. The van der Waals surface area contributed by atoms with Gasteiger partial charge in [-0.05, 0) is 23.8 Å². The van der Waals surface area contributed by atoms with Gasteiger partial charge in [-0.25, -0.2) is 0 Å². The minimum atomic E-state index is -0.936. The molecule has 0 aliphatic heterocycles. The van der Waals surface area contributed by atoms with E-state index in [2.05, 4.69) is 6.58 Å². The molecule has 0 spiro atoms. The van der Waals surface area contributed by atoms with Crippen molar-refractivity contribution in [2.45, 2.75) is 6.42 Å². The molecule has 112 valence electrons. The van der Waals surface area contributed by atoms with E-state index >= 15 is 0 Å². The van der Waals surface area contributed by atoms with Crippen LogP contribution in [0.1, 0.15) is 12.0 Å². The summed E-state index contributed by atoms with van der Waals surface area (Å²) >= 11 is 0. The van der Waals surface area contributed by atoms with Crippen LogP contribution >= 0.6 is 0 Å². The van der Waals surface area contributed by atoms with E-state index in [4.69, 9.17) is 9.84 Å². The van der Waals surface area contributed by atoms with Crippen LogP contribution in [0.15, 0.2) is 43.0 Å². The number of rotatable bonds is 8. The second kappa shape index (κ2) is 8.58. The first kappa shape index (κ1) is 16.5. The van der Waals surface area contributed by atoms with Crippen LogP contribution in [0.2, 0.25) is 0 Å². The summed E-state index contributed by atoms with van der Waals surface area (Å²) in [7, 11) is 1.58. The number of ether oxygens (including phenoxy) is 1. The molecular formula is C16H19NO4. The number of aliphatic carboxylic acids is 1. The zero-order valence-electron chi connectivity index (χ0n) is 12.0. The molecule has 0 saturated carbocycles. The van der Waals surface area contributed by atoms with E-state index in [1.165, 1.54) is 11.0 Å². The van der Waals surface area contributed by atoms with E-state index in [0.717, 1.165) is 5.56 Å². The Hall–Kier alpha value is -2.56. The van der Waals surface area contributed by atoms with Crippen molar-refractivity contribution in [3.8, 4) is 5.75 Å². The van der Waals surface area contributed by atoms with Crippen LogP contribution in [0.4, 0.5) is 0 Å². The summed E-state index contributed by atoms with van der Waals surface area (Å²) in [5.41, 5.74) is 0.833. The predicted molar refractivity (Wildman–Crippen MR) is 81.1 cm³/mol. The van der Waals surface area contributed by atoms with Gasteiger partial charge < -0.3 is 14.7 Å². The maximum Gasteiger partial charge on any atom is 0.305 e. The molecule has 0 bridgehead atoms. The predicted octanol–water partition coefficient (Wildman–Crippen LogP) is 2.20. The minimum absolute atomic E-state index is 0.0907. The molecule has 0 aliphatic carbocycles. The van der Waals surface area contributed by atoms with Crippen molar-refractivity contribution >= 4 is 18.0 Å². The van der Waals surface area contributed by atoms with Crippen molar-refractivity contribution in [1.29, 1.82) is 0 Å². The third-order valence-electron chi connectivity index (χ3n) is 2.77. The summed E-state index contributed by atoms with van der Waals surface area (Å²) in [6, 6.07) is 7.30. The van der Waals surface area contributed by atoms with Gasteiger partial charge in [0.1, 0.15) is 5.75 Å². The highest BCUT2D eigenvalue weighted by atomic mass is 16.5. The van der Waals surface area contributed by atoms with E-state index in [0.29, 0.717) is 12.3 Å². The van der Waals surface area contributed by atoms with E-state index in [1.807, 2.05) is 18.2 Å². The van der Waals surface area contributed by atoms with Crippen molar-refractivity contribution in [3.63, 3.8) is 0 Å². The first-order chi connectivity index (χ1) is 10.1. The smallest absolute Gasteiger partial charge is 0.305 e. The fourth-order valence-electron chi connectivity index (χ4n) is 1.70. The zero-order chi connectivity index (χ0) is 15.7. The van der Waals surface area contributed by atoms with Crippen LogP contribution in [0.5, 0.6) is 5.75 Å². The molecule has 1 aromatic rings. The zero-order valence-corrected chi connectivity index (χ0v) is 12.0. The largest absolute Gasteiger partial charge is 0.497 e. The molecule has 0 atom stereocenters. The van der Waals surface area contributed by atoms with E-state index in [9.17, 15) is 9.59 Å². The molecule has 5 heteroatoms. The summed E-state index contributed by atoms with van der Waals surface area (Å²) < 4.78 is 5.10. The Bertz CT molecular complexity index is 537. The number of hydrogen-bond acceptors (Lipinski definition) is 3. The monoisotopic (exact) mass is 289 g/mol. The van der Waals surface area contributed by atoms with Gasteiger partial charge in [0.25, 0.3) is 0 Å². The highest BCUT2D eigenvalue weighted by Gasteiger charge is 2.10. The van der Waals surface area contributed by atoms with Crippen LogP contribution in [0, 0.1) is 0 Å². The lowest BCUT2D eigenvalue weighted by atomic mass is 10.2. The Morgan fingerprint density at radius 1 is 1.43 bits per heavy atom. The third-order valence-corrected chi connectivity index (χ3v) is 2.77. The van der Waals surface area contributed by atoms with Crippen molar-refractivity contribution in [2.24, 2.45) is 0 Å². The SMILES string of the molecule is C=CCN(CCC(=O)O)C(=O)/C=C/c1cccc(OC)c1. The highest BCUT2D eigenvalue weighted by molar-refractivity contribution is 5.92. The van der Waals surface area contributed by atoms with Gasteiger partial charge >= 0.3 is 5.97 Å². The fraction of sp³-hybridized carbons (Fsp3) is 0.250. The van der Waals surface area contributed by atoms with E-state index < -0.39 is 5.97 Å². The van der Waals surface area contributed by atoms with Crippen LogP contribution in [0.3, 0.4) is 0 Å². The lowest BCUT2D eigenvalue weighted by molar-refractivity contribution is -0.137. The minimum Gasteiger partial charge on any atom is -0.497 e. The molecule has 0 unspecified atom stereocenters. The van der Waals surface area contributed by atoms with Gasteiger partial charge in [-0.15, -0.1) is 6.58 Å². The van der Waals surface area contributed by atoms with Gasteiger partial charge in [-0.3, -0.25) is 9.59 Å². The molecule has 0 aliphatic rings. The second-order valence-electron chi connectivity index (χ2n) is 4.33. The summed E-state index contributed by atoms with van der Waals surface area (Å²) in [5.74, 6) is -0.481. The number of carbonyl (C=O) groups is 2. The third kappa shape index (κ3) is 5.95. The number of carbonyl (C=O) groups excluding carboxylic acids is 1. The van der Waals surface area contributed by atoms with Gasteiger partial charge in [0.2, 0.25) is 5.91 Å². The van der Waals surface area contributed by atoms with Crippen molar-refractivity contribution in [1.82, 2.24) is 4.90 Å². The number of benzene rings is 1. The molecule has 0 fully saturated rings. The number of carboxylic acids is 1. The normalized spacial score (nSPS) is 10.3.